The maximum Gasteiger partial charge on any atom is 0.253 e. The molecule has 0 bridgehead atoms. The number of carbonyl (C=O) groups is 3. The molecule has 2 heterocycles. The van der Waals surface area contributed by atoms with Crippen LogP contribution in [0.25, 0.3) is 22.5 Å². The standard InChI is InChI=1S/C35H40N6O3/c1-24(2)22-30-34(43)36-25(3)33-38-32(27-14-8-5-9-15-27)39-41(33)21-20-40(19-11-18-31(42)37-30)35(44)29-17-10-16-28(23-29)26-12-6-4-7-13-26/h4-10,12-17,23-25,30H,11,18-22H2,1-3H3,(H,36,43)(H,37,42)/t25-,30-/m1/s1. The van der Waals surface area contributed by atoms with Crippen LogP contribution < -0.4 is 10.6 Å². The zero-order chi connectivity index (χ0) is 31.1. The van der Waals surface area contributed by atoms with E-state index in [0.29, 0.717) is 49.7 Å². The van der Waals surface area contributed by atoms with Crippen molar-refractivity contribution in [2.45, 2.75) is 58.7 Å². The molecule has 1 aliphatic heterocycles. The van der Waals surface area contributed by atoms with Gasteiger partial charge in [0.25, 0.3) is 5.91 Å². The molecule has 9 heteroatoms. The zero-order valence-electron chi connectivity index (χ0n) is 25.6. The third kappa shape index (κ3) is 7.58. The molecule has 2 N–H and O–H groups in total. The van der Waals surface area contributed by atoms with Crippen molar-refractivity contribution in [3.63, 3.8) is 0 Å². The Morgan fingerprint density at radius 3 is 2.25 bits per heavy atom. The molecule has 9 nitrogen and oxygen atoms in total. The van der Waals surface area contributed by atoms with E-state index in [9.17, 15) is 14.4 Å². The van der Waals surface area contributed by atoms with Crippen LogP contribution in [0.1, 0.15) is 62.3 Å². The molecule has 0 radical (unpaired) electrons. The van der Waals surface area contributed by atoms with E-state index in [2.05, 4.69) is 10.6 Å². The van der Waals surface area contributed by atoms with Gasteiger partial charge < -0.3 is 15.5 Å². The Kier molecular flexibility index (Phi) is 9.84. The van der Waals surface area contributed by atoms with Crippen molar-refractivity contribution in [1.29, 1.82) is 0 Å². The van der Waals surface area contributed by atoms with Crippen molar-refractivity contribution in [1.82, 2.24) is 30.3 Å². The normalized spacial score (nSPS) is 18.2. The first kappa shape index (κ1) is 30.7. The van der Waals surface area contributed by atoms with Gasteiger partial charge in [0.2, 0.25) is 11.8 Å². The quantitative estimate of drug-likeness (QED) is 0.329. The molecule has 1 aromatic heterocycles. The maximum absolute atomic E-state index is 13.9. The van der Waals surface area contributed by atoms with Gasteiger partial charge in [0, 0.05) is 30.6 Å². The summed E-state index contributed by atoms with van der Waals surface area (Å²) in [5.74, 6) is 0.771. The number of hydrogen-bond donors (Lipinski definition) is 2. The van der Waals surface area contributed by atoms with Crippen molar-refractivity contribution in [2.24, 2.45) is 5.92 Å². The van der Waals surface area contributed by atoms with Crippen LogP contribution in [-0.2, 0) is 16.1 Å². The summed E-state index contributed by atoms with van der Waals surface area (Å²) in [5, 5.41) is 10.8. The second-order valence-corrected chi connectivity index (χ2v) is 11.7. The predicted octanol–water partition coefficient (Wildman–Crippen LogP) is 5.26. The molecule has 4 aromatic rings. The largest absolute Gasteiger partial charge is 0.345 e. The Bertz CT molecular complexity index is 1580. The number of hydrogen-bond acceptors (Lipinski definition) is 5. The molecule has 0 saturated carbocycles. The minimum atomic E-state index is -0.670. The average Bonchev–Trinajstić information content (AvgIpc) is 3.47. The van der Waals surface area contributed by atoms with Crippen LogP contribution in [0.3, 0.4) is 0 Å². The summed E-state index contributed by atoms with van der Waals surface area (Å²) in [6, 6.07) is 26.1. The van der Waals surface area contributed by atoms with E-state index in [1.54, 1.807) is 9.58 Å². The minimum absolute atomic E-state index is 0.112. The first-order valence-corrected chi connectivity index (χ1v) is 15.3. The Morgan fingerprint density at radius 2 is 1.55 bits per heavy atom. The highest BCUT2D eigenvalue weighted by Gasteiger charge is 2.27. The Hall–Kier alpha value is -4.79. The smallest absolute Gasteiger partial charge is 0.253 e. The monoisotopic (exact) mass is 592 g/mol. The molecular formula is C35H40N6O3. The number of nitrogens with one attached hydrogen (secondary N) is 2. The van der Waals surface area contributed by atoms with Gasteiger partial charge in [-0.2, -0.15) is 5.10 Å². The first-order valence-electron chi connectivity index (χ1n) is 15.3. The van der Waals surface area contributed by atoms with Crippen molar-refractivity contribution in [3.05, 3.63) is 96.3 Å². The molecule has 3 aromatic carbocycles. The van der Waals surface area contributed by atoms with Gasteiger partial charge in [0.05, 0.1) is 12.6 Å². The maximum atomic E-state index is 13.9. The third-order valence-electron chi connectivity index (χ3n) is 7.75. The highest BCUT2D eigenvalue weighted by atomic mass is 16.2. The van der Waals surface area contributed by atoms with E-state index in [4.69, 9.17) is 10.1 Å². The van der Waals surface area contributed by atoms with Gasteiger partial charge in [-0.15, -0.1) is 0 Å². The average molecular weight is 593 g/mol. The SMILES string of the molecule is CC(C)C[C@H]1NC(=O)CCCN(C(=O)c2cccc(-c3ccccc3)c2)CCn2nc(-c3ccccc3)nc2[C@@H](C)NC1=O. The van der Waals surface area contributed by atoms with Gasteiger partial charge in [0.1, 0.15) is 11.9 Å². The summed E-state index contributed by atoms with van der Waals surface area (Å²) in [7, 11) is 0. The molecule has 0 fully saturated rings. The number of fused-ring (bicyclic) bond motifs is 1. The van der Waals surface area contributed by atoms with Gasteiger partial charge in [-0.1, -0.05) is 86.6 Å². The number of carbonyl (C=O) groups excluding carboxylic acids is 3. The lowest BCUT2D eigenvalue weighted by Crippen LogP contribution is -2.48. The number of rotatable bonds is 5. The van der Waals surface area contributed by atoms with Crippen LogP contribution in [0.4, 0.5) is 0 Å². The lowest BCUT2D eigenvalue weighted by Gasteiger charge is -2.26. The molecule has 44 heavy (non-hydrogen) atoms. The molecule has 228 valence electrons. The molecule has 0 spiro atoms. The van der Waals surface area contributed by atoms with Crippen LogP contribution in [-0.4, -0.2) is 56.5 Å². The molecule has 0 aliphatic carbocycles. The summed E-state index contributed by atoms with van der Waals surface area (Å²) in [6.45, 7) is 7.03. The Morgan fingerprint density at radius 1 is 0.864 bits per heavy atom. The number of benzene rings is 3. The highest BCUT2D eigenvalue weighted by molar-refractivity contribution is 5.95. The fourth-order valence-corrected chi connectivity index (χ4v) is 5.50. The summed E-state index contributed by atoms with van der Waals surface area (Å²) in [6.07, 6.45) is 1.18. The van der Waals surface area contributed by atoms with Gasteiger partial charge in [0.15, 0.2) is 5.82 Å². The van der Waals surface area contributed by atoms with E-state index < -0.39 is 12.1 Å². The Labute approximate surface area is 258 Å². The molecule has 3 amide bonds. The summed E-state index contributed by atoms with van der Waals surface area (Å²) < 4.78 is 1.79. The molecule has 0 saturated heterocycles. The van der Waals surface area contributed by atoms with E-state index >= 15 is 0 Å². The van der Waals surface area contributed by atoms with Gasteiger partial charge in [-0.3, -0.25) is 14.4 Å². The second kappa shape index (κ2) is 14.1. The van der Waals surface area contributed by atoms with Crippen molar-refractivity contribution in [3.8, 4) is 22.5 Å². The van der Waals surface area contributed by atoms with Crippen LogP contribution in [0.2, 0.25) is 0 Å². The van der Waals surface area contributed by atoms with Crippen molar-refractivity contribution >= 4 is 17.7 Å². The lowest BCUT2D eigenvalue weighted by molar-refractivity contribution is -0.129. The first-order chi connectivity index (χ1) is 21.3. The summed E-state index contributed by atoms with van der Waals surface area (Å²) in [4.78, 5) is 46.9. The predicted molar refractivity (Wildman–Crippen MR) is 170 cm³/mol. The van der Waals surface area contributed by atoms with E-state index in [0.717, 1.165) is 16.7 Å². The molecule has 0 unspecified atom stereocenters. The fraction of sp³-hybridized carbons (Fsp3) is 0.343. The van der Waals surface area contributed by atoms with Crippen molar-refractivity contribution in [2.75, 3.05) is 13.1 Å². The summed E-state index contributed by atoms with van der Waals surface area (Å²) in [5.41, 5.74) is 3.44. The summed E-state index contributed by atoms with van der Waals surface area (Å²) >= 11 is 0. The fourth-order valence-electron chi connectivity index (χ4n) is 5.50. The van der Waals surface area contributed by atoms with Gasteiger partial charge in [-0.25, -0.2) is 9.67 Å². The number of nitrogens with zero attached hydrogens (tertiary/aromatic N) is 4. The zero-order valence-corrected chi connectivity index (χ0v) is 25.6. The topological polar surface area (TPSA) is 109 Å². The minimum Gasteiger partial charge on any atom is -0.345 e. The third-order valence-corrected chi connectivity index (χ3v) is 7.75. The molecular weight excluding hydrogens is 552 g/mol. The number of aromatic nitrogens is 3. The van der Waals surface area contributed by atoms with Crippen LogP contribution in [0.15, 0.2) is 84.9 Å². The van der Waals surface area contributed by atoms with Crippen LogP contribution in [0, 0.1) is 5.92 Å². The molecule has 2 atom stereocenters. The van der Waals surface area contributed by atoms with E-state index in [1.807, 2.05) is 106 Å². The number of amides is 3. The Balaban J connectivity index is 1.47. The van der Waals surface area contributed by atoms with Gasteiger partial charge >= 0.3 is 0 Å². The van der Waals surface area contributed by atoms with E-state index in [1.165, 1.54) is 0 Å². The van der Waals surface area contributed by atoms with Crippen LogP contribution in [0.5, 0.6) is 0 Å². The lowest BCUT2D eigenvalue weighted by atomic mass is 10.0. The molecule has 5 rings (SSSR count). The van der Waals surface area contributed by atoms with E-state index in [-0.39, 0.29) is 30.1 Å². The van der Waals surface area contributed by atoms with Crippen molar-refractivity contribution < 1.29 is 14.4 Å². The van der Waals surface area contributed by atoms with Gasteiger partial charge in [-0.05, 0) is 48.9 Å². The second-order valence-electron chi connectivity index (χ2n) is 11.7. The molecule has 1 aliphatic rings. The highest BCUT2D eigenvalue weighted by Crippen LogP contribution is 2.22. The van der Waals surface area contributed by atoms with Crippen LogP contribution >= 0.6 is 0 Å².